The Morgan fingerprint density at radius 2 is 2.11 bits per heavy atom. The quantitative estimate of drug-likeness (QED) is 0.862. The summed E-state index contributed by atoms with van der Waals surface area (Å²) in [4.78, 5) is 5.79. The van der Waals surface area contributed by atoms with E-state index >= 15 is 0 Å². The van der Waals surface area contributed by atoms with Gasteiger partial charge in [-0.15, -0.1) is 0 Å². The molecule has 0 unspecified atom stereocenters. The lowest BCUT2D eigenvalue weighted by atomic mass is 9.96. The van der Waals surface area contributed by atoms with Gasteiger partial charge in [0.25, 0.3) is 0 Å². The lowest BCUT2D eigenvalue weighted by Gasteiger charge is -2.36. The zero-order valence-electron chi connectivity index (χ0n) is 12.1. The van der Waals surface area contributed by atoms with Crippen molar-refractivity contribution in [3.8, 4) is 0 Å². The molecular formula is C16H23FN2. The second kappa shape index (κ2) is 4.48. The lowest BCUT2D eigenvalue weighted by Crippen LogP contribution is -2.45. The molecule has 0 spiro atoms. The molecule has 0 aromatic carbocycles. The third-order valence-electron chi connectivity index (χ3n) is 4.19. The highest BCUT2D eigenvalue weighted by Crippen LogP contribution is 2.22. The third kappa shape index (κ3) is 2.48. The number of aromatic amines is 1. The monoisotopic (exact) mass is 262 g/mol. The van der Waals surface area contributed by atoms with Crippen molar-refractivity contribution in [2.24, 2.45) is 0 Å². The van der Waals surface area contributed by atoms with Crippen LogP contribution in [0.5, 0.6) is 0 Å². The van der Waals surface area contributed by atoms with Crippen LogP contribution < -0.4 is 10.6 Å². The van der Waals surface area contributed by atoms with Crippen LogP contribution in [0.2, 0.25) is 0 Å². The van der Waals surface area contributed by atoms with Crippen molar-refractivity contribution in [2.75, 3.05) is 6.54 Å². The molecule has 0 amide bonds. The molecule has 1 atom stereocenters. The highest BCUT2D eigenvalue weighted by Gasteiger charge is 2.29. The van der Waals surface area contributed by atoms with Gasteiger partial charge in [-0.3, -0.25) is 4.90 Å². The van der Waals surface area contributed by atoms with Crippen LogP contribution >= 0.6 is 0 Å². The van der Waals surface area contributed by atoms with Crippen LogP contribution in [0, 0.1) is 0 Å². The van der Waals surface area contributed by atoms with E-state index in [4.69, 9.17) is 0 Å². The number of halogens is 1. The van der Waals surface area contributed by atoms with E-state index in [1.807, 2.05) is 0 Å². The summed E-state index contributed by atoms with van der Waals surface area (Å²) in [7, 11) is 0. The average molecular weight is 262 g/mol. The standard InChI is InChI=1S/C16H23FN2/c1-11-8-13-12-6-4-5-7-14(12)18-15(13)9-19(11)10-16(2,3)17/h6-7,11,18H,4-5,8-10H2,1-3H3/t11-/m1/s1. The predicted molar refractivity (Wildman–Crippen MR) is 77.0 cm³/mol. The maximum absolute atomic E-state index is 13.9. The average Bonchev–Trinajstić information content (AvgIpc) is 2.66. The van der Waals surface area contributed by atoms with Crippen LogP contribution in [-0.2, 0) is 13.0 Å². The Morgan fingerprint density at radius 1 is 1.37 bits per heavy atom. The summed E-state index contributed by atoms with van der Waals surface area (Å²) in [6.07, 6.45) is 7.95. The first kappa shape index (κ1) is 12.9. The molecule has 0 fully saturated rings. The van der Waals surface area contributed by atoms with Crippen LogP contribution in [0.25, 0.3) is 12.2 Å². The minimum atomic E-state index is -1.13. The van der Waals surface area contributed by atoms with Crippen LogP contribution in [0.4, 0.5) is 4.39 Å². The van der Waals surface area contributed by atoms with Crippen molar-refractivity contribution < 1.29 is 4.39 Å². The molecule has 2 nitrogen and oxygen atoms in total. The van der Waals surface area contributed by atoms with Crippen molar-refractivity contribution in [1.82, 2.24) is 9.88 Å². The maximum Gasteiger partial charge on any atom is 0.118 e. The Kier molecular flexibility index (Phi) is 3.05. The van der Waals surface area contributed by atoms with E-state index in [9.17, 15) is 4.39 Å². The third-order valence-corrected chi connectivity index (χ3v) is 4.19. The first-order chi connectivity index (χ1) is 8.94. The second-order valence-electron chi connectivity index (χ2n) is 6.57. The number of nitrogens with zero attached hydrogens (tertiary/aromatic N) is 1. The fourth-order valence-electron chi connectivity index (χ4n) is 3.33. The minimum absolute atomic E-state index is 0.415. The van der Waals surface area contributed by atoms with Gasteiger partial charge in [-0.2, -0.15) is 0 Å². The molecule has 3 heteroatoms. The Bertz CT molecular complexity index is 591. The fraction of sp³-hybridized carbons (Fsp3) is 0.625. The van der Waals surface area contributed by atoms with E-state index in [2.05, 4.69) is 29.0 Å². The van der Waals surface area contributed by atoms with Gasteiger partial charge in [-0.05, 0) is 50.8 Å². The number of hydrogen-bond donors (Lipinski definition) is 1. The first-order valence-electron chi connectivity index (χ1n) is 7.27. The highest BCUT2D eigenvalue weighted by atomic mass is 19.1. The molecule has 1 aromatic heterocycles. The fourth-order valence-corrected chi connectivity index (χ4v) is 3.33. The normalized spacial score (nSPS) is 23.3. The van der Waals surface area contributed by atoms with Gasteiger partial charge < -0.3 is 4.98 Å². The molecular weight excluding hydrogens is 239 g/mol. The Balaban J connectivity index is 1.95. The van der Waals surface area contributed by atoms with Crippen molar-refractivity contribution in [1.29, 1.82) is 0 Å². The molecule has 1 aliphatic carbocycles. The van der Waals surface area contributed by atoms with E-state index in [1.54, 1.807) is 13.8 Å². The van der Waals surface area contributed by atoms with Gasteiger partial charge in [-0.1, -0.05) is 12.2 Å². The number of H-pyrrole nitrogens is 1. The predicted octanol–water partition coefficient (Wildman–Crippen LogP) is 1.86. The summed E-state index contributed by atoms with van der Waals surface area (Å²) in [5, 5.41) is 2.69. The number of rotatable bonds is 2. The Labute approximate surface area is 114 Å². The summed E-state index contributed by atoms with van der Waals surface area (Å²) in [6, 6.07) is 0.415. The molecule has 2 heterocycles. The highest BCUT2D eigenvalue weighted by molar-refractivity contribution is 5.42. The van der Waals surface area contributed by atoms with E-state index in [1.165, 1.54) is 21.8 Å². The van der Waals surface area contributed by atoms with Crippen LogP contribution in [0.15, 0.2) is 0 Å². The lowest BCUT2D eigenvalue weighted by molar-refractivity contribution is 0.0849. The summed E-state index contributed by atoms with van der Waals surface area (Å²) < 4.78 is 13.9. The number of hydrogen-bond acceptors (Lipinski definition) is 1. The maximum atomic E-state index is 13.9. The number of aromatic nitrogens is 1. The van der Waals surface area contributed by atoms with Crippen LogP contribution in [0.1, 0.15) is 44.9 Å². The summed E-state index contributed by atoms with van der Waals surface area (Å²) in [5.41, 5.74) is 1.63. The van der Waals surface area contributed by atoms with E-state index in [0.29, 0.717) is 12.6 Å². The molecule has 1 aromatic rings. The Morgan fingerprint density at radius 3 is 2.84 bits per heavy atom. The van der Waals surface area contributed by atoms with E-state index in [0.717, 1.165) is 25.8 Å². The van der Waals surface area contributed by atoms with Crippen molar-refractivity contribution in [3.05, 3.63) is 21.8 Å². The smallest absolute Gasteiger partial charge is 0.118 e. The van der Waals surface area contributed by atoms with Gasteiger partial charge in [0.15, 0.2) is 0 Å². The number of fused-ring (bicyclic) bond motifs is 3. The molecule has 0 radical (unpaired) electrons. The molecule has 104 valence electrons. The molecule has 0 bridgehead atoms. The number of nitrogens with one attached hydrogen (secondary N) is 1. The van der Waals surface area contributed by atoms with Gasteiger partial charge in [0.05, 0.1) is 0 Å². The first-order valence-corrected chi connectivity index (χ1v) is 7.27. The van der Waals surface area contributed by atoms with Crippen molar-refractivity contribution in [2.45, 2.75) is 58.3 Å². The summed E-state index contributed by atoms with van der Waals surface area (Å²) >= 11 is 0. The van der Waals surface area contributed by atoms with Gasteiger partial charge in [0.1, 0.15) is 5.67 Å². The molecule has 19 heavy (non-hydrogen) atoms. The molecule has 1 N–H and O–H groups in total. The molecule has 3 rings (SSSR count). The topological polar surface area (TPSA) is 19.0 Å². The van der Waals surface area contributed by atoms with Crippen molar-refractivity contribution in [3.63, 3.8) is 0 Å². The van der Waals surface area contributed by atoms with Gasteiger partial charge in [0.2, 0.25) is 0 Å². The molecule has 0 saturated carbocycles. The molecule has 1 aliphatic heterocycles. The number of alkyl halides is 1. The zero-order chi connectivity index (χ0) is 13.6. The van der Waals surface area contributed by atoms with Crippen molar-refractivity contribution >= 4 is 12.2 Å². The van der Waals surface area contributed by atoms with Crippen LogP contribution in [-0.4, -0.2) is 28.1 Å². The van der Waals surface area contributed by atoms with Gasteiger partial charge in [0, 0.05) is 30.2 Å². The van der Waals surface area contributed by atoms with Gasteiger partial charge in [-0.25, -0.2) is 4.39 Å². The molecule has 0 saturated heterocycles. The SMILES string of the molecule is C[C@@H]1Cc2c([nH]c3c2=CCCC=3)CN1CC(C)(C)F. The minimum Gasteiger partial charge on any atom is -0.357 e. The largest absolute Gasteiger partial charge is 0.357 e. The van der Waals surface area contributed by atoms with Gasteiger partial charge >= 0.3 is 0 Å². The van der Waals surface area contributed by atoms with E-state index in [-0.39, 0.29) is 0 Å². The molecule has 2 aliphatic rings. The Hall–Kier alpha value is -1.09. The van der Waals surface area contributed by atoms with E-state index < -0.39 is 5.67 Å². The summed E-state index contributed by atoms with van der Waals surface area (Å²) in [6.45, 7) is 6.89. The zero-order valence-corrected chi connectivity index (χ0v) is 12.1. The summed E-state index contributed by atoms with van der Waals surface area (Å²) in [5.74, 6) is 0. The van der Waals surface area contributed by atoms with Crippen LogP contribution in [0.3, 0.4) is 0 Å². The second-order valence-corrected chi connectivity index (χ2v) is 6.57.